The van der Waals surface area contributed by atoms with Crippen molar-refractivity contribution in [1.29, 1.82) is 0 Å². The maximum Gasteiger partial charge on any atom is 0.240 e. The van der Waals surface area contributed by atoms with Crippen molar-refractivity contribution in [3.63, 3.8) is 0 Å². The predicted octanol–water partition coefficient (Wildman–Crippen LogP) is 1.83. The molecule has 0 spiro atoms. The van der Waals surface area contributed by atoms with Gasteiger partial charge in [-0.05, 0) is 38.0 Å². The molecule has 0 aliphatic rings. The van der Waals surface area contributed by atoms with Crippen molar-refractivity contribution in [2.75, 3.05) is 13.2 Å². The van der Waals surface area contributed by atoms with E-state index in [1.54, 1.807) is 19.1 Å². The molecule has 0 aliphatic carbocycles. The Balaban J connectivity index is 2.87. The van der Waals surface area contributed by atoms with Crippen LogP contribution in [0.1, 0.15) is 38.9 Å². The molecule has 20 heavy (non-hydrogen) atoms. The van der Waals surface area contributed by atoms with Gasteiger partial charge in [0.1, 0.15) is 0 Å². The Morgan fingerprint density at radius 1 is 1.35 bits per heavy atom. The van der Waals surface area contributed by atoms with Crippen molar-refractivity contribution in [1.82, 2.24) is 4.72 Å². The van der Waals surface area contributed by atoms with Crippen molar-refractivity contribution in [3.8, 4) is 0 Å². The summed E-state index contributed by atoms with van der Waals surface area (Å²) in [4.78, 5) is 0.158. The van der Waals surface area contributed by atoms with E-state index in [-0.39, 0.29) is 10.9 Å². The third-order valence-corrected chi connectivity index (χ3v) is 4.46. The number of rotatable bonds is 8. The first-order valence-electron chi connectivity index (χ1n) is 6.78. The Bertz CT molecular complexity index is 516. The number of aliphatic hydroxyl groups excluding tert-OH is 1. The van der Waals surface area contributed by atoms with E-state index in [1.807, 2.05) is 13.8 Å². The topological polar surface area (TPSA) is 75.6 Å². The van der Waals surface area contributed by atoms with Crippen LogP contribution >= 0.6 is 0 Å². The van der Waals surface area contributed by atoms with Crippen LogP contribution in [0.5, 0.6) is 0 Å². The fraction of sp³-hybridized carbons (Fsp3) is 0.571. The van der Waals surface area contributed by atoms with Gasteiger partial charge in [0.05, 0.1) is 17.6 Å². The minimum absolute atomic E-state index is 0.158. The predicted molar refractivity (Wildman–Crippen MR) is 78.0 cm³/mol. The lowest BCUT2D eigenvalue weighted by molar-refractivity contribution is 0.133. The molecule has 0 radical (unpaired) electrons. The molecule has 5 nitrogen and oxygen atoms in total. The van der Waals surface area contributed by atoms with E-state index in [0.717, 1.165) is 0 Å². The van der Waals surface area contributed by atoms with E-state index in [2.05, 4.69) is 4.72 Å². The maximum atomic E-state index is 12.2. The zero-order valence-corrected chi connectivity index (χ0v) is 13.0. The van der Waals surface area contributed by atoms with Gasteiger partial charge < -0.3 is 9.84 Å². The van der Waals surface area contributed by atoms with Crippen LogP contribution in [0.15, 0.2) is 29.2 Å². The van der Waals surface area contributed by atoms with Crippen molar-refractivity contribution >= 4 is 10.0 Å². The number of aliphatic hydroxyl groups is 1. The second-order valence-electron chi connectivity index (χ2n) is 4.68. The van der Waals surface area contributed by atoms with E-state index in [1.165, 1.54) is 12.1 Å². The molecule has 2 atom stereocenters. The highest BCUT2D eigenvalue weighted by molar-refractivity contribution is 7.89. The molecule has 1 rings (SSSR count). The van der Waals surface area contributed by atoms with Gasteiger partial charge >= 0.3 is 0 Å². The highest BCUT2D eigenvalue weighted by Crippen LogP contribution is 2.19. The molecule has 0 aliphatic heterocycles. The van der Waals surface area contributed by atoms with Crippen molar-refractivity contribution in [3.05, 3.63) is 29.8 Å². The van der Waals surface area contributed by atoms with Crippen LogP contribution in [0, 0.1) is 0 Å². The summed E-state index contributed by atoms with van der Waals surface area (Å²) < 4.78 is 32.2. The van der Waals surface area contributed by atoms with Crippen LogP contribution < -0.4 is 4.72 Å². The quantitative estimate of drug-likeness (QED) is 0.768. The summed E-state index contributed by atoms with van der Waals surface area (Å²) >= 11 is 0. The van der Waals surface area contributed by atoms with E-state index in [0.29, 0.717) is 25.2 Å². The number of nitrogens with one attached hydrogen (secondary N) is 1. The molecule has 1 aromatic carbocycles. The zero-order chi connectivity index (χ0) is 15.2. The minimum Gasteiger partial charge on any atom is -0.388 e. The Kier molecular flexibility index (Phi) is 6.61. The van der Waals surface area contributed by atoms with E-state index in [9.17, 15) is 13.5 Å². The van der Waals surface area contributed by atoms with Gasteiger partial charge in [0, 0.05) is 12.6 Å². The number of hydrogen-bond donors (Lipinski definition) is 2. The van der Waals surface area contributed by atoms with Crippen molar-refractivity contribution in [2.24, 2.45) is 0 Å². The normalized spacial score (nSPS) is 15.0. The molecular weight excluding hydrogens is 278 g/mol. The van der Waals surface area contributed by atoms with E-state index < -0.39 is 16.1 Å². The zero-order valence-electron chi connectivity index (χ0n) is 12.2. The van der Waals surface area contributed by atoms with Crippen LogP contribution in [0.4, 0.5) is 0 Å². The van der Waals surface area contributed by atoms with Crippen LogP contribution in [-0.2, 0) is 14.8 Å². The minimum atomic E-state index is -3.60. The molecule has 0 bridgehead atoms. The fourth-order valence-electron chi connectivity index (χ4n) is 1.79. The molecular formula is C14H23NO4S. The van der Waals surface area contributed by atoms with Gasteiger partial charge in [-0.2, -0.15) is 0 Å². The van der Waals surface area contributed by atoms with Gasteiger partial charge in [0.25, 0.3) is 0 Å². The Morgan fingerprint density at radius 3 is 2.65 bits per heavy atom. The summed E-state index contributed by atoms with van der Waals surface area (Å²) in [7, 11) is -3.60. The molecule has 114 valence electrons. The maximum absolute atomic E-state index is 12.2. The monoisotopic (exact) mass is 301 g/mol. The number of sulfonamides is 1. The van der Waals surface area contributed by atoms with Gasteiger partial charge in [0.2, 0.25) is 10.0 Å². The molecule has 0 aromatic heterocycles. The van der Waals surface area contributed by atoms with Crippen LogP contribution in [0.3, 0.4) is 0 Å². The van der Waals surface area contributed by atoms with E-state index >= 15 is 0 Å². The first-order chi connectivity index (χ1) is 9.40. The lowest BCUT2D eigenvalue weighted by Crippen LogP contribution is -2.35. The first kappa shape index (κ1) is 17.1. The summed E-state index contributed by atoms with van der Waals surface area (Å²) in [6, 6.07) is 6.07. The van der Waals surface area contributed by atoms with Gasteiger partial charge in [-0.3, -0.25) is 0 Å². The Labute approximate surface area is 121 Å². The van der Waals surface area contributed by atoms with Gasteiger partial charge in [-0.15, -0.1) is 0 Å². The molecule has 0 heterocycles. The first-order valence-corrected chi connectivity index (χ1v) is 8.27. The highest BCUT2D eigenvalue weighted by Gasteiger charge is 2.18. The molecule has 0 saturated carbocycles. The summed E-state index contributed by atoms with van der Waals surface area (Å²) in [5.41, 5.74) is 0.604. The summed E-state index contributed by atoms with van der Waals surface area (Å²) in [6.45, 7) is 6.32. The molecule has 1 aromatic rings. The smallest absolute Gasteiger partial charge is 0.240 e. The lowest BCUT2D eigenvalue weighted by Gasteiger charge is -2.15. The number of ether oxygens (including phenoxy) is 1. The number of hydrogen-bond acceptors (Lipinski definition) is 4. The molecule has 0 fully saturated rings. The van der Waals surface area contributed by atoms with Gasteiger partial charge in [0.15, 0.2) is 0 Å². The highest BCUT2D eigenvalue weighted by atomic mass is 32.2. The Morgan fingerprint density at radius 2 is 2.05 bits per heavy atom. The Hall–Kier alpha value is -0.950. The van der Waals surface area contributed by atoms with Crippen LogP contribution in [-0.4, -0.2) is 32.8 Å². The summed E-state index contributed by atoms with van der Waals surface area (Å²) in [5.74, 6) is 0. The molecule has 6 heteroatoms. The molecule has 2 unspecified atom stereocenters. The van der Waals surface area contributed by atoms with Crippen molar-refractivity contribution in [2.45, 2.75) is 44.2 Å². The molecule has 0 amide bonds. The second kappa shape index (κ2) is 7.73. The summed E-state index contributed by atoms with van der Waals surface area (Å²) in [5, 5.41) is 9.78. The van der Waals surface area contributed by atoms with Crippen LogP contribution in [0.25, 0.3) is 0 Å². The van der Waals surface area contributed by atoms with Gasteiger partial charge in [-0.1, -0.05) is 19.1 Å². The van der Waals surface area contributed by atoms with Gasteiger partial charge in [-0.25, -0.2) is 13.1 Å². The SMILES string of the molecule is CCOCC(C)NS(=O)(=O)c1cccc(C(O)CC)c1. The fourth-order valence-corrected chi connectivity index (χ4v) is 3.07. The molecule has 2 N–H and O–H groups in total. The lowest BCUT2D eigenvalue weighted by atomic mass is 10.1. The average molecular weight is 301 g/mol. The third kappa shape index (κ3) is 4.86. The van der Waals surface area contributed by atoms with Crippen LogP contribution in [0.2, 0.25) is 0 Å². The average Bonchev–Trinajstić information content (AvgIpc) is 2.44. The summed E-state index contributed by atoms with van der Waals surface area (Å²) in [6.07, 6.45) is -0.108. The standard InChI is InChI=1S/C14H23NO4S/c1-4-14(16)12-7-6-8-13(9-12)20(17,18)15-11(3)10-19-5-2/h6-9,11,14-16H,4-5,10H2,1-3H3. The number of benzene rings is 1. The molecule has 0 saturated heterocycles. The largest absolute Gasteiger partial charge is 0.388 e. The van der Waals surface area contributed by atoms with E-state index in [4.69, 9.17) is 4.74 Å². The second-order valence-corrected chi connectivity index (χ2v) is 6.39. The third-order valence-electron chi connectivity index (χ3n) is 2.87. The van der Waals surface area contributed by atoms with Crippen molar-refractivity contribution < 1.29 is 18.3 Å².